The molecule has 120 valence electrons. The highest BCUT2D eigenvalue weighted by atomic mass is 16.5. The summed E-state index contributed by atoms with van der Waals surface area (Å²) in [7, 11) is 0. The quantitative estimate of drug-likeness (QED) is 0.801. The van der Waals surface area contributed by atoms with Crippen LogP contribution in [0.3, 0.4) is 0 Å². The smallest absolute Gasteiger partial charge is 0.152 e. The first kappa shape index (κ1) is 16.4. The Labute approximate surface area is 128 Å². The Balaban J connectivity index is 1.71. The SMILES string of the molecule is CCCNC1CCC(OCc2ncnn2CC(C)C)CC1. The van der Waals surface area contributed by atoms with E-state index in [2.05, 4.69) is 36.2 Å². The highest BCUT2D eigenvalue weighted by molar-refractivity contribution is 4.83. The first-order valence-corrected chi connectivity index (χ1v) is 8.40. The van der Waals surface area contributed by atoms with Gasteiger partial charge < -0.3 is 10.1 Å². The van der Waals surface area contributed by atoms with Gasteiger partial charge in [0.25, 0.3) is 0 Å². The van der Waals surface area contributed by atoms with Crippen LogP contribution in [0.15, 0.2) is 6.33 Å². The van der Waals surface area contributed by atoms with Crippen LogP contribution in [-0.2, 0) is 17.9 Å². The Morgan fingerprint density at radius 2 is 2.10 bits per heavy atom. The van der Waals surface area contributed by atoms with Crippen molar-refractivity contribution in [3.63, 3.8) is 0 Å². The van der Waals surface area contributed by atoms with Crippen LogP contribution >= 0.6 is 0 Å². The summed E-state index contributed by atoms with van der Waals surface area (Å²) in [4.78, 5) is 4.32. The van der Waals surface area contributed by atoms with E-state index in [-0.39, 0.29) is 0 Å². The van der Waals surface area contributed by atoms with Gasteiger partial charge in [-0.2, -0.15) is 5.10 Å². The maximum atomic E-state index is 6.05. The van der Waals surface area contributed by atoms with Crippen molar-refractivity contribution in [1.82, 2.24) is 20.1 Å². The van der Waals surface area contributed by atoms with E-state index in [9.17, 15) is 0 Å². The number of hydrogen-bond acceptors (Lipinski definition) is 4. The van der Waals surface area contributed by atoms with Crippen LogP contribution in [0.25, 0.3) is 0 Å². The highest BCUT2D eigenvalue weighted by Crippen LogP contribution is 2.22. The Hall–Kier alpha value is -0.940. The lowest BCUT2D eigenvalue weighted by Gasteiger charge is -2.29. The van der Waals surface area contributed by atoms with E-state index in [1.807, 2.05) is 4.68 Å². The van der Waals surface area contributed by atoms with Crippen molar-refractivity contribution in [2.75, 3.05) is 6.54 Å². The molecule has 2 rings (SSSR count). The minimum absolute atomic E-state index is 0.383. The highest BCUT2D eigenvalue weighted by Gasteiger charge is 2.21. The lowest BCUT2D eigenvalue weighted by atomic mass is 9.93. The number of nitrogens with one attached hydrogen (secondary N) is 1. The summed E-state index contributed by atoms with van der Waals surface area (Å²) in [5.41, 5.74) is 0. The van der Waals surface area contributed by atoms with Crippen molar-refractivity contribution in [2.45, 2.75) is 78.2 Å². The van der Waals surface area contributed by atoms with Gasteiger partial charge in [-0.05, 0) is 44.6 Å². The molecule has 1 aliphatic rings. The largest absolute Gasteiger partial charge is 0.370 e. The number of aromatic nitrogens is 3. The molecular weight excluding hydrogens is 264 g/mol. The van der Waals surface area contributed by atoms with Crippen molar-refractivity contribution >= 4 is 0 Å². The number of nitrogens with zero attached hydrogens (tertiary/aromatic N) is 3. The van der Waals surface area contributed by atoms with Gasteiger partial charge >= 0.3 is 0 Å². The standard InChI is InChI=1S/C16H30N4O/c1-4-9-17-14-5-7-15(8-6-14)21-11-16-18-12-19-20(16)10-13(2)3/h12-15,17H,4-11H2,1-3H3. The molecule has 1 aromatic rings. The van der Waals surface area contributed by atoms with Gasteiger partial charge in [-0.25, -0.2) is 9.67 Å². The molecule has 1 N–H and O–H groups in total. The molecule has 0 spiro atoms. The second-order valence-corrected chi connectivity index (χ2v) is 6.49. The molecule has 1 heterocycles. The Morgan fingerprint density at radius 3 is 2.76 bits per heavy atom. The van der Waals surface area contributed by atoms with Gasteiger partial charge in [-0.1, -0.05) is 20.8 Å². The molecule has 0 unspecified atom stereocenters. The fraction of sp³-hybridized carbons (Fsp3) is 0.875. The molecular formula is C16H30N4O. The molecule has 1 aromatic heterocycles. The zero-order valence-corrected chi connectivity index (χ0v) is 13.7. The van der Waals surface area contributed by atoms with Gasteiger partial charge in [0, 0.05) is 12.6 Å². The Bertz CT molecular complexity index is 397. The van der Waals surface area contributed by atoms with Crippen LogP contribution in [0.2, 0.25) is 0 Å². The van der Waals surface area contributed by atoms with Gasteiger partial charge in [-0.3, -0.25) is 0 Å². The van der Waals surface area contributed by atoms with Crippen molar-refractivity contribution in [3.8, 4) is 0 Å². The van der Waals surface area contributed by atoms with Gasteiger partial charge in [0.1, 0.15) is 12.9 Å². The van der Waals surface area contributed by atoms with Crippen LogP contribution in [0.4, 0.5) is 0 Å². The molecule has 0 radical (unpaired) electrons. The lowest BCUT2D eigenvalue weighted by Crippen LogP contribution is -2.35. The molecule has 5 nitrogen and oxygen atoms in total. The zero-order valence-electron chi connectivity index (χ0n) is 13.7. The van der Waals surface area contributed by atoms with Crippen LogP contribution in [0, 0.1) is 5.92 Å². The third-order valence-electron chi connectivity index (χ3n) is 4.04. The topological polar surface area (TPSA) is 52.0 Å². The third kappa shape index (κ3) is 5.40. The Kier molecular flexibility index (Phi) is 6.64. The molecule has 1 saturated carbocycles. The van der Waals surface area contributed by atoms with Crippen molar-refractivity contribution in [2.24, 2.45) is 5.92 Å². The van der Waals surface area contributed by atoms with Gasteiger partial charge in [0.15, 0.2) is 5.82 Å². The molecule has 0 saturated heterocycles. The maximum absolute atomic E-state index is 6.05. The summed E-state index contributed by atoms with van der Waals surface area (Å²) < 4.78 is 8.02. The van der Waals surface area contributed by atoms with Crippen molar-refractivity contribution in [1.29, 1.82) is 0 Å². The first-order valence-electron chi connectivity index (χ1n) is 8.40. The van der Waals surface area contributed by atoms with Crippen LogP contribution in [-0.4, -0.2) is 33.5 Å². The summed E-state index contributed by atoms with van der Waals surface area (Å²) in [6, 6.07) is 0.689. The Morgan fingerprint density at radius 1 is 1.33 bits per heavy atom. The molecule has 5 heteroatoms. The molecule has 0 aromatic carbocycles. The van der Waals surface area contributed by atoms with Gasteiger partial charge in [0.05, 0.1) is 6.10 Å². The average Bonchev–Trinajstić information content (AvgIpc) is 2.90. The van der Waals surface area contributed by atoms with E-state index >= 15 is 0 Å². The molecule has 0 atom stereocenters. The van der Waals surface area contributed by atoms with Crippen LogP contribution < -0.4 is 5.32 Å². The minimum atomic E-state index is 0.383. The molecule has 21 heavy (non-hydrogen) atoms. The molecule has 0 aliphatic heterocycles. The fourth-order valence-corrected chi connectivity index (χ4v) is 2.87. The van der Waals surface area contributed by atoms with Crippen LogP contribution in [0.5, 0.6) is 0 Å². The number of rotatable bonds is 8. The predicted octanol–water partition coefficient (Wildman–Crippen LogP) is 2.76. The van der Waals surface area contributed by atoms with E-state index in [0.29, 0.717) is 24.7 Å². The maximum Gasteiger partial charge on any atom is 0.152 e. The van der Waals surface area contributed by atoms with Gasteiger partial charge in [-0.15, -0.1) is 0 Å². The molecule has 0 bridgehead atoms. The van der Waals surface area contributed by atoms with E-state index in [1.54, 1.807) is 6.33 Å². The predicted molar refractivity (Wildman–Crippen MR) is 84.0 cm³/mol. The molecule has 1 aliphatic carbocycles. The first-order chi connectivity index (χ1) is 10.2. The fourth-order valence-electron chi connectivity index (χ4n) is 2.87. The summed E-state index contributed by atoms with van der Waals surface area (Å²) in [5.74, 6) is 1.53. The van der Waals surface area contributed by atoms with E-state index in [4.69, 9.17) is 4.74 Å². The monoisotopic (exact) mass is 294 g/mol. The second-order valence-electron chi connectivity index (χ2n) is 6.49. The van der Waals surface area contributed by atoms with Crippen LogP contribution in [0.1, 0.15) is 58.7 Å². The molecule has 1 fully saturated rings. The summed E-state index contributed by atoms with van der Waals surface area (Å²) in [6.45, 7) is 9.23. The average molecular weight is 294 g/mol. The minimum Gasteiger partial charge on any atom is -0.370 e. The second kappa shape index (κ2) is 8.49. The van der Waals surface area contributed by atoms with Crippen molar-refractivity contribution in [3.05, 3.63) is 12.2 Å². The third-order valence-corrected chi connectivity index (χ3v) is 4.04. The summed E-state index contributed by atoms with van der Waals surface area (Å²) in [5, 5.41) is 7.89. The summed E-state index contributed by atoms with van der Waals surface area (Å²) in [6.07, 6.45) is 7.98. The number of hydrogen-bond donors (Lipinski definition) is 1. The van der Waals surface area contributed by atoms with E-state index < -0.39 is 0 Å². The van der Waals surface area contributed by atoms with E-state index in [1.165, 1.54) is 19.3 Å². The normalized spacial score (nSPS) is 22.9. The zero-order chi connectivity index (χ0) is 15.1. The lowest BCUT2D eigenvalue weighted by molar-refractivity contribution is 0.00638. The molecule has 0 amide bonds. The summed E-state index contributed by atoms with van der Waals surface area (Å²) >= 11 is 0. The van der Waals surface area contributed by atoms with Gasteiger partial charge in [0.2, 0.25) is 0 Å². The van der Waals surface area contributed by atoms with E-state index in [0.717, 1.165) is 31.8 Å². The van der Waals surface area contributed by atoms with Crippen molar-refractivity contribution < 1.29 is 4.74 Å². The number of ether oxygens (including phenoxy) is 1.